The molecular weight excluding hydrogens is 258 g/mol. The molecule has 0 fully saturated rings. The van der Waals surface area contributed by atoms with E-state index in [2.05, 4.69) is 54.0 Å². The first-order valence-electron chi connectivity index (χ1n) is 4.95. The zero-order valence-electron chi connectivity index (χ0n) is 9.30. The van der Waals surface area contributed by atoms with Crippen LogP contribution in [-0.4, -0.2) is 10.3 Å². The molecular formula is C11H18BrNS. The molecule has 0 unspecified atom stereocenters. The second-order valence-electron chi connectivity index (χ2n) is 4.81. The maximum absolute atomic E-state index is 4.64. The van der Waals surface area contributed by atoms with Crippen LogP contribution >= 0.6 is 27.3 Å². The molecule has 0 saturated carbocycles. The van der Waals surface area contributed by atoms with Gasteiger partial charge in [0.2, 0.25) is 0 Å². The van der Waals surface area contributed by atoms with Gasteiger partial charge < -0.3 is 0 Å². The molecule has 0 amide bonds. The minimum atomic E-state index is 0.308. The van der Waals surface area contributed by atoms with Gasteiger partial charge in [0.1, 0.15) is 0 Å². The van der Waals surface area contributed by atoms with Gasteiger partial charge in [0.25, 0.3) is 0 Å². The van der Waals surface area contributed by atoms with E-state index in [9.17, 15) is 0 Å². The number of halogens is 1. The van der Waals surface area contributed by atoms with Crippen molar-refractivity contribution in [1.29, 1.82) is 0 Å². The summed E-state index contributed by atoms with van der Waals surface area (Å²) in [5.41, 5.74) is 1.55. The Balaban J connectivity index is 2.69. The Kier molecular flexibility index (Phi) is 4.14. The number of thiazole rings is 1. The lowest BCUT2D eigenvalue weighted by atomic mass is 9.91. The highest BCUT2D eigenvalue weighted by atomic mass is 79.9. The Morgan fingerprint density at radius 2 is 2.14 bits per heavy atom. The number of hydrogen-bond acceptors (Lipinski definition) is 2. The predicted octanol–water partition coefficient (Wildman–Crippen LogP) is 4.23. The van der Waals surface area contributed by atoms with Crippen molar-refractivity contribution in [2.75, 3.05) is 5.33 Å². The summed E-state index contributed by atoms with van der Waals surface area (Å²) in [6, 6.07) is 0. The third kappa shape index (κ3) is 3.35. The molecule has 14 heavy (non-hydrogen) atoms. The van der Waals surface area contributed by atoms with E-state index >= 15 is 0 Å². The van der Waals surface area contributed by atoms with E-state index in [0.29, 0.717) is 11.3 Å². The lowest BCUT2D eigenvalue weighted by Crippen LogP contribution is -2.16. The lowest BCUT2D eigenvalue weighted by molar-refractivity contribution is 0.420. The summed E-state index contributed by atoms with van der Waals surface area (Å²) < 4.78 is 0. The van der Waals surface area contributed by atoms with Crippen LogP contribution < -0.4 is 0 Å². The Morgan fingerprint density at radius 3 is 2.57 bits per heavy atom. The molecule has 1 aromatic heterocycles. The van der Waals surface area contributed by atoms with Gasteiger partial charge in [-0.25, -0.2) is 4.98 Å². The van der Waals surface area contributed by atoms with Crippen LogP contribution in [0.5, 0.6) is 0 Å². The molecule has 1 aromatic rings. The van der Waals surface area contributed by atoms with Gasteiger partial charge in [-0.05, 0) is 11.8 Å². The molecule has 0 aliphatic rings. The summed E-state index contributed by atoms with van der Waals surface area (Å²) in [4.78, 5) is 4.64. The highest BCUT2D eigenvalue weighted by Crippen LogP contribution is 2.26. The van der Waals surface area contributed by atoms with Crippen LogP contribution in [0.15, 0.2) is 5.38 Å². The number of alkyl halides is 1. The van der Waals surface area contributed by atoms with Gasteiger partial charge in [-0.1, -0.05) is 43.6 Å². The van der Waals surface area contributed by atoms with E-state index in [0.717, 1.165) is 11.8 Å². The summed E-state index contributed by atoms with van der Waals surface area (Å²) in [5, 5.41) is 4.47. The van der Waals surface area contributed by atoms with Crippen molar-refractivity contribution in [2.24, 2.45) is 5.41 Å². The van der Waals surface area contributed by atoms with Crippen molar-refractivity contribution < 1.29 is 0 Å². The largest absolute Gasteiger partial charge is 0.246 e. The summed E-state index contributed by atoms with van der Waals surface area (Å²) >= 11 is 5.32. The zero-order valence-corrected chi connectivity index (χ0v) is 11.7. The summed E-state index contributed by atoms with van der Waals surface area (Å²) in [6.07, 6.45) is 1.06. The first-order valence-corrected chi connectivity index (χ1v) is 6.95. The fourth-order valence-electron chi connectivity index (χ4n) is 1.21. The Labute approximate surface area is 99.1 Å². The number of hydrogen-bond donors (Lipinski definition) is 0. The van der Waals surface area contributed by atoms with Crippen LogP contribution in [0.2, 0.25) is 0 Å². The van der Waals surface area contributed by atoms with Crippen molar-refractivity contribution in [1.82, 2.24) is 4.98 Å². The normalized spacial score (nSPS) is 12.4. The van der Waals surface area contributed by atoms with Gasteiger partial charge in [-0.2, -0.15) is 0 Å². The molecule has 0 aliphatic heterocycles. The zero-order chi connectivity index (χ0) is 10.8. The standard InChI is InChI=1S/C11H18BrNS/c1-8(2)10-13-9(6-14-10)5-11(3,4)7-12/h6,8H,5,7H2,1-4H3. The first-order chi connectivity index (χ1) is 6.44. The smallest absolute Gasteiger partial charge is 0.0953 e. The molecule has 0 aromatic carbocycles. The van der Waals surface area contributed by atoms with Crippen molar-refractivity contribution in [3.63, 3.8) is 0 Å². The molecule has 3 heteroatoms. The minimum absolute atomic E-state index is 0.308. The van der Waals surface area contributed by atoms with Gasteiger partial charge >= 0.3 is 0 Å². The van der Waals surface area contributed by atoms with Crippen LogP contribution in [-0.2, 0) is 6.42 Å². The van der Waals surface area contributed by atoms with E-state index in [4.69, 9.17) is 0 Å². The molecule has 0 spiro atoms. The van der Waals surface area contributed by atoms with E-state index < -0.39 is 0 Å². The van der Waals surface area contributed by atoms with Crippen LogP contribution in [0.1, 0.15) is 44.3 Å². The predicted molar refractivity (Wildman–Crippen MR) is 67.5 cm³/mol. The van der Waals surface area contributed by atoms with E-state index in [1.807, 2.05) is 0 Å². The third-order valence-electron chi connectivity index (χ3n) is 2.08. The SMILES string of the molecule is CC(C)c1nc(CC(C)(C)CBr)cs1. The Bertz CT molecular complexity index is 291. The molecule has 80 valence electrons. The molecule has 0 radical (unpaired) electrons. The molecule has 1 heterocycles. The highest BCUT2D eigenvalue weighted by molar-refractivity contribution is 9.09. The average Bonchev–Trinajstić information content (AvgIpc) is 2.52. The van der Waals surface area contributed by atoms with Crippen molar-refractivity contribution in [2.45, 2.75) is 40.0 Å². The Hall–Kier alpha value is 0.110. The minimum Gasteiger partial charge on any atom is -0.246 e. The average molecular weight is 276 g/mol. The van der Waals surface area contributed by atoms with Gasteiger partial charge in [-0.3, -0.25) is 0 Å². The summed E-state index contributed by atoms with van der Waals surface area (Å²) in [5.74, 6) is 0.556. The van der Waals surface area contributed by atoms with Crippen molar-refractivity contribution >= 4 is 27.3 Å². The van der Waals surface area contributed by atoms with E-state index in [-0.39, 0.29) is 0 Å². The molecule has 1 nitrogen and oxygen atoms in total. The van der Waals surface area contributed by atoms with E-state index in [1.54, 1.807) is 11.3 Å². The van der Waals surface area contributed by atoms with Gasteiger partial charge in [0.15, 0.2) is 0 Å². The van der Waals surface area contributed by atoms with E-state index in [1.165, 1.54) is 10.7 Å². The first kappa shape index (κ1) is 12.2. The maximum atomic E-state index is 4.64. The molecule has 0 aliphatic carbocycles. The van der Waals surface area contributed by atoms with Gasteiger partial charge in [0, 0.05) is 16.6 Å². The molecule has 0 N–H and O–H groups in total. The highest BCUT2D eigenvalue weighted by Gasteiger charge is 2.18. The Morgan fingerprint density at radius 1 is 1.50 bits per heavy atom. The van der Waals surface area contributed by atoms with Crippen molar-refractivity contribution in [3.05, 3.63) is 16.1 Å². The number of rotatable bonds is 4. The third-order valence-corrected chi connectivity index (χ3v) is 4.80. The second kappa shape index (κ2) is 4.75. The lowest BCUT2D eigenvalue weighted by Gasteiger charge is -2.19. The van der Waals surface area contributed by atoms with Crippen LogP contribution in [0.3, 0.4) is 0 Å². The van der Waals surface area contributed by atoms with Crippen LogP contribution in [0, 0.1) is 5.41 Å². The summed E-state index contributed by atoms with van der Waals surface area (Å²) in [7, 11) is 0. The van der Waals surface area contributed by atoms with Crippen molar-refractivity contribution in [3.8, 4) is 0 Å². The molecule has 0 saturated heterocycles. The fraction of sp³-hybridized carbons (Fsp3) is 0.727. The van der Waals surface area contributed by atoms with Crippen LogP contribution in [0.4, 0.5) is 0 Å². The fourth-order valence-corrected chi connectivity index (χ4v) is 2.24. The second-order valence-corrected chi connectivity index (χ2v) is 6.26. The monoisotopic (exact) mass is 275 g/mol. The number of nitrogens with zero attached hydrogens (tertiary/aromatic N) is 1. The quantitative estimate of drug-likeness (QED) is 0.750. The maximum Gasteiger partial charge on any atom is 0.0953 e. The van der Waals surface area contributed by atoms with Crippen LogP contribution in [0.25, 0.3) is 0 Å². The van der Waals surface area contributed by atoms with Gasteiger partial charge in [-0.15, -0.1) is 11.3 Å². The number of aromatic nitrogens is 1. The molecule has 1 rings (SSSR count). The topological polar surface area (TPSA) is 12.9 Å². The van der Waals surface area contributed by atoms with Gasteiger partial charge in [0.05, 0.1) is 10.7 Å². The molecule has 0 bridgehead atoms. The molecule has 0 atom stereocenters. The summed E-state index contributed by atoms with van der Waals surface area (Å²) in [6.45, 7) is 8.91.